The first-order valence-electron chi connectivity index (χ1n) is 12.2. The second kappa shape index (κ2) is 10.7. The van der Waals surface area contributed by atoms with E-state index in [0.29, 0.717) is 6.04 Å². The minimum Gasteiger partial charge on any atom is -0.395 e. The van der Waals surface area contributed by atoms with Crippen molar-refractivity contribution in [2.24, 2.45) is 0 Å². The molecule has 3 fully saturated rings. The van der Waals surface area contributed by atoms with Gasteiger partial charge in [-0.2, -0.15) is 0 Å². The first-order chi connectivity index (χ1) is 15.6. The van der Waals surface area contributed by atoms with E-state index in [9.17, 15) is 9.90 Å². The van der Waals surface area contributed by atoms with Crippen LogP contribution in [0.3, 0.4) is 0 Å². The molecule has 0 radical (unpaired) electrons. The number of hydrogen-bond donors (Lipinski definition) is 2. The molecule has 6 nitrogen and oxygen atoms in total. The Kier molecular flexibility index (Phi) is 7.72. The van der Waals surface area contributed by atoms with Gasteiger partial charge in [-0.3, -0.25) is 9.80 Å². The molecule has 2 N–H and O–H groups in total. The number of carbonyl (C=O) groups excluding carboxylic acids is 1. The Hall–Kier alpha value is -2.07. The highest BCUT2D eigenvalue weighted by molar-refractivity contribution is 5.74. The minimum atomic E-state index is 0.0939. The Bertz CT molecular complexity index is 822. The topological polar surface area (TPSA) is 59.1 Å². The molecule has 1 aliphatic carbocycles. The number of nitrogens with zero attached hydrogens (tertiary/aromatic N) is 3. The molecule has 0 unspecified atom stereocenters. The van der Waals surface area contributed by atoms with Gasteiger partial charge in [-0.05, 0) is 64.0 Å². The fraction of sp³-hybridized carbons (Fsp3) is 0.654. The fourth-order valence-electron chi connectivity index (χ4n) is 5.55. The zero-order valence-corrected chi connectivity index (χ0v) is 19.6. The normalized spacial score (nSPS) is 26.5. The quantitative estimate of drug-likeness (QED) is 0.709. The smallest absolute Gasteiger partial charge is 0.317 e. The summed E-state index contributed by atoms with van der Waals surface area (Å²) in [6, 6.07) is 9.31. The molecule has 3 aliphatic rings. The molecule has 0 aromatic heterocycles. The second-order valence-electron chi connectivity index (χ2n) is 9.83. The highest BCUT2D eigenvalue weighted by Gasteiger charge is 2.49. The summed E-state index contributed by atoms with van der Waals surface area (Å²) in [5, 5.41) is 13.4. The molecule has 32 heavy (non-hydrogen) atoms. The van der Waals surface area contributed by atoms with E-state index < -0.39 is 0 Å². The van der Waals surface area contributed by atoms with Gasteiger partial charge in [0.1, 0.15) is 0 Å². The van der Waals surface area contributed by atoms with Crippen molar-refractivity contribution >= 4 is 6.03 Å². The number of urea groups is 1. The molecule has 3 atom stereocenters. The minimum absolute atomic E-state index is 0.0939. The molecule has 2 heterocycles. The lowest BCUT2D eigenvalue weighted by Gasteiger charge is -2.57. The van der Waals surface area contributed by atoms with Gasteiger partial charge in [-0.15, -0.1) is 0 Å². The van der Waals surface area contributed by atoms with Crippen LogP contribution in [0.15, 0.2) is 24.3 Å². The molecule has 0 bridgehead atoms. The van der Waals surface area contributed by atoms with Gasteiger partial charge >= 0.3 is 6.03 Å². The fourth-order valence-corrected chi connectivity index (χ4v) is 5.55. The maximum Gasteiger partial charge on any atom is 0.317 e. The molecule has 6 heteroatoms. The Morgan fingerprint density at radius 1 is 1.12 bits per heavy atom. The molecule has 2 amide bonds. The second-order valence-corrected chi connectivity index (χ2v) is 9.83. The van der Waals surface area contributed by atoms with Crippen LogP contribution in [0, 0.1) is 11.8 Å². The largest absolute Gasteiger partial charge is 0.395 e. The number of carbonyl (C=O) groups is 1. The lowest BCUT2D eigenvalue weighted by atomic mass is 9.74. The predicted molar refractivity (Wildman–Crippen MR) is 128 cm³/mol. The van der Waals surface area contributed by atoms with Gasteiger partial charge in [0.2, 0.25) is 0 Å². The van der Waals surface area contributed by atoms with Crippen LogP contribution in [0.1, 0.15) is 55.6 Å². The number of hydrogen-bond acceptors (Lipinski definition) is 4. The predicted octanol–water partition coefficient (Wildman–Crippen LogP) is 2.48. The molecular formula is C26H38N4O2. The molecule has 1 saturated carbocycles. The van der Waals surface area contributed by atoms with E-state index in [-0.39, 0.29) is 30.6 Å². The van der Waals surface area contributed by atoms with E-state index >= 15 is 0 Å². The zero-order chi connectivity index (χ0) is 22.5. The van der Waals surface area contributed by atoms with E-state index in [2.05, 4.69) is 51.2 Å². The molecular weight excluding hydrogens is 400 g/mol. The van der Waals surface area contributed by atoms with Gasteiger partial charge in [0, 0.05) is 42.7 Å². The van der Waals surface area contributed by atoms with Crippen LogP contribution >= 0.6 is 0 Å². The number of amides is 2. The summed E-state index contributed by atoms with van der Waals surface area (Å²) in [7, 11) is 4.03. The van der Waals surface area contributed by atoms with Gasteiger partial charge in [0.25, 0.3) is 0 Å². The summed E-state index contributed by atoms with van der Waals surface area (Å²) >= 11 is 0. The van der Waals surface area contributed by atoms with Crippen molar-refractivity contribution in [3.63, 3.8) is 0 Å². The van der Waals surface area contributed by atoms with Crippen LogP contribution in [0.2, 0.25) is 0 Å². The van der Waals surface area contributed by atoms with Gasteiger partial charge in [0.05, 0.1) is 13.2 Å². The molecule has 4 rings (SSSR count). The summed E-state index contributed by atoms with van der Waals surface area (Å²) in [6.45, 7) is 3.44. The van der Waals surface area contributed by atoms with Crippen LogP contribution in [-0.4, -0.2) is 90.8 Å². The van der Waals surface area contributed by atoms with Crippen molar-refractivity contribution in [1.29, 1.82) is 0 Å². The maximum absolute atomic E-state index is 13.0. The number of rotatable bonds is 4. The van der Waals surface area contributed by atoms with Crippen LogP contribution in [-0.2, 0) is 0 Å². The van der Waals surface area contributed by atoms with Crippen molar-refractivity contribution < 1.29 is 9.90 Å². The molecule has 174 valence electrons. The molecule has 1 aromatic rings. The summed E-state index contributed by atoms with van der Waals surface area (Å²) in [4.78, 5) is 19.5. The zero-order valence-electron chi connectivity index (χ0n) is 19.6. The molecule has 2 aliphatic heterocycles. The third-order valence-corrected chi connectivity index (χ3v) is 7.26. The van der Waals surface area contributed by atoms with Crippen molar-refractivity contribution in [3.05, 3.63) is 35.4 Å². The standard InChI is InChI=1S/C26H38N4O2/c1-28(2)15-7-8-20-11-13-21(14-12-20)25-23-18-29(26(32)27-22-9-3-4-10-22)16-5-6-17-30(23)24(25)19-31/h11-14,22-25,31H,3-6,9-10,15-19H2,1-2H3,(H,27,32)/t23-,24-,25-/m0/s1. The van der Waals surface area contributed by atoms with Crippen LogP contribution in [0.4, 0.5) is 4.79 Å². The number of aliphatic hydroxyl groups excluding tert-OH is 1. The summed E-state index contributed by atoms with van der Waals surface area (Å²) in [6.07, 6.45) is 6.73. The van der Waals surface area contributed by atoms with Gasteiger partial charge in [-0.25, -0.2) is 4.79 Å². The van der Waals surface area contributed by atoms with E-state index in [4.69, 9.17) is 0 Å². The lowest BCUT2D eigenvalue weighted by molar-refractivity contribution is -0.0591. The number of aliphatic hydroxyl groups is 1. The summed E-state index contributed by atoms with van der Waals surface area (Å²) in [5.41, 5.74) is 2.25. The van der Waals surface area contributed by atoms with Crippen molar-refractivity contribution in [3.8, 4) is 11.8 Å². The monoisotopic (exact) mass is 438 g/mol. The molecule has 2 saturated heterocycles. The summed E-state index contributed by atoms with van der Waals surface area (Å²) < 4.78 is 0. The van der Waals surface area contributed by atoms with E-state index in [0.717, 1.165) is 57.4 Å². The van der Waals surface area contributed by atoms with E-state index in [1.807, 2.05) is 19.0 Å². The Morgan fingerprint density at radius 3 is 2.53 bits per heavy atom. The average Bonchev–Trinajstić information content (AvgIpc) is 3.26. The molecule has 0 spiro atoms. The average molecular weight is 439 g/mol. The maximum atomic E-state index is 13.0. The third kappa shape index (κ3) is 5.28. The van der Waals surface area contributed by atoms with Crippen molar-refractivity contribution in [2.75, 3.05) is 46.9 Å². The number of fused-ring (bicyclic) bond motifs is 1. The van der Waals surface area contributed by atoms with Crippen LogP contribution in [0.25, 0.3) is 0 Å². The van der Waals surface area contributed by atoms with Crippen LogP contribution < -0.4 is 5.32 Å². The number of nitrogens with one attached hydrogen (secondary N) is 1. The first-order valence-corrected chi connectivity index (χ1v) is 12.2. The van der Waals surface area contributed by atoms with Crippen LogP contribution in [0.5, 0.6) is 0 Å². The Morgan fingerprint density at radius 2 is 1.84 bits per heavy atom. The van der Waals surface area contributed by atoms with E-state index in [1.165, 1.54) is 18.4 Å². The number of benzene rings is 1. The molecule has 1 aromatic carbocycles. The Balaban J connectivity index is 1.46. The van der Waals surface area contributed by atoms with Crippen molar-refractivity contribution in [2.45, 2.75) is 62.6 Å². The van der Waals surface area contributed by atoms with Gasteiger partial charge in [0.15, 0.2) is 0 Å². The van der Waals surface area contributed by atoms with E-state index in [1.54, 1.807) is 0 Å². The highest BCUT2D eigenvalue weighted by atomic mass is 16.3. The summed E-state index contributed by atoms with van der Waals surface area (Å²) in [5.74, 6) is 6.64. The van der Waals surface area contributed by atoms with Gasteiger partial charge < -0.3 is 15.3 Å². The Labute approximate surface area is 192 Å². The lowest BCUT2D eigenvalue weighted by Crippen LogP contribution is -2.68. The third-order valence-electron chi connectivity index (χ3n) is 7.26. The first kappa shape index (κ1) is 23.1. The van der Waals surface area contributed by atoms with Crippen molar-refractivity contribution in [1.82, 2.24) is 20.0 Å². The van der Waals surface area contributed by atoms with Gasteiger partial charge in [-0.1, -0.05) is 36.8 Å². The SMILES string of the molecule is CN(C)CC#Cc1ccc([C@@H]2[C@H](CO)N3CCCCN(C(=O)NC4CCCC4)C[C@@H]23)cc1. The highest BCUT2D eigenvalue weighted by Crippen LogP contribution is 2.42.